The quantitative estimate of drug-likeness (QED) is 0.409. The maximum atomic E-state index is 13.3. The van der Waals surface area contributed by atoms with Gasteiger partial charge < -0.3 is 15.4 Å². The Hall–Kier alpha value is -2.76. The summed E-state index contributed by atoms with van der Waals surface area (Å²) < 4.78 is 0. The summed E-state index contributed by atoms with van der Waals surface area (Å²) in [5.74, 6) is -1.85. The smallest absolute Gasteiger partial charge is 0.225 e. The molecule has 1 fully saturated rings. The molecule has 0 saturated carbocycles. The summed E-state index contributed by atoms with van der Waals surface area (Å²) in [6.45, 7) is 8.92. The number of anilines is 1. The summed E-state index contributed by atoms with van der Waals surface area (Å²) >= 11 is 0. The predicted molar refractivity (Wildman–Crippen MR) is 104 cm³/mol. The monoisotopic (exact) mass is 370 g/mol. The van der Waals surface area contributed by atoms with Gasteiger partial charge in [0, 0.05) is 36.3 Å². The molecule has 1 aromatic carbocycles. The van der Waals surface area contributed by atoms with Crippen molar-refractivity contribution >= 4 is 29.4 Å². The summed E-state index contributed by atoms with van der Waals surface area (Å²) in [4.78, 5) is 50.0. The number of carbonyl (C=O) groups excluding carboxylic acids is 4. The van der Waals surface area contributed by atoms with E-state index in [1.807, 2.05) is 6.07 Å². The number of rotatable bonds is 9. The lowest BCUT2D eigenvalue weighted by Gasteiger charge is -2.24. The second-order valence-electron chi connectivity index (χ2n) is 7.15. The lowest BCUT2D eigenvalue weighted by Crippen LogP contribution is -2.30. The SMILES string of the molecule is C=C(C(=O)c1c(C(C)=O)cccc1N1CCC(C)C1)C(CCC=O)C(N)=O. The van der Waals surface area contributed by atoms with Crippen LogP contribution in [0.2, 0.25) is 0 Å². The number of carbonyl (C=O) groups is 4. The van der Waals surface area contributed by atoms with Crippen molar-refractivity contribution in [3.05, 3.63) is 41.5 Å². The lowest BCUT2D eigenvalue weighted by molar-refractivity contribution is -0.120. The molecular formula is C21H26N2O4. The van der Waals surface area contributed by atoms with Crippen LogP contribution in [0.4, 0.5) is 5.69 Å². The summed E-state index contributed by atoms with van der Waals surface area (Å²) in [7, 11) is 0. The maximum Gasteiger partial charge on any atom is 0.225 e. The fraction of sp³-hybridized carbons (Fsp3) is 0.429. The molecule has 0 aromatic heterocycles. The average molecular weight is 370 g/mol. The van der Waals surface area contributed by atoms with E-state index < -0.39 is 17.6 Å². The van der Waals surface area contributed by atoms with E-state index in [9.17, 15) is 19.2 Å². The van der Waals surface area contributed by atoms with Crippen molar-refractivity contribution in [2.75, 3.05) is 18.0 Å². The maximum absolute atomic E-state index is 13.3. The van der Waals surface area contributed by atoms with E-state index in [0.717, 1.165) is 19.5 Å². The molecule has 1 amide bonds. The van der Waals surface area contributed by atoms with Crippen molar-refractivity contribution in [1.29, 1.82) is 0 Å². The number of nitrogens with two attached hydrogens (primary N) is 1. The van der Waals surface area contributed by atoms with Crippen LogP contribution in [0.5, 0.6) is 0 Å². The number of benzene rings is 1. The fourth-order valence-corrected chi connectivity index (χ4v) is 3.53. The standard InChI is InChI=1S/C21H26N2O4/c1-13-9-10-23(12-13)18-8-4-6-17(15(3)25)19(18)20(26)14(2)16(21(22)27)7-5-11-24/h4,6,8,11,13,16H,2,5,7,9-10,12H2,1,3H3,(H2,22,27). The Labute approximate surface area is 159 Å². The normalized spacial score (nSPS) is 17.4. The molecule has 0 aliphatic carbocycles. The van der Waals surface area contributed by atoms with Gasteiger partial charge in [-0.2, -0.15) is 0 Å². The molecule has 0 spiro atoms. The van der Waals surface area contributed by atoms with E-state index in [1.54, 1.807) is 12.1 Å². The molecule has 0 radical (unpaired) electrons. The van der Waals surface area contributed by atoms with Gasteiger partial charge in [0.25, 0.3) is 0 Å². The minimum atomic E-state index is -0.937. The zero-order chi connectivity index (χ0) is 20.1. The van der Waals surface area contributed by atoms with E-state index >= 15 is 0 Å². The number of hydrogen-bond acceptors (Lipinski definition) is 5. The molecule has 1 aliphatic rings. The van der Waals surface area contributed by atoms with Gasteiger partial charge in [-0.3, -0.25) is 14.4 Å². The highest BCUT2D eigenvalue weighted by Crippen LogP contribution is 2.32. The second-order valence-corrected chi connectivity index (χ2v) is 7.15. The van der Waals surface area contributed by atoms with Crippen molar-refractivity contribution in [3.8, 4) is 0 Å². The van der Waals surface area contributed by atoms with Gasteiger partial charge in [-0.15, -0.1) is 0 Å². The first-order valence-electron chi connectivity index (χ1n) is 9.13. The first-order chi connectivity index (χ1) is 12.8. The van der Waals surface area contributed by atoms with Crippen LogP contribution >= 0.6 is 0 Å². The Morgan fingerprint density at radius 2 is 2.07 bits per heavy atom. The third-order valence-corrected chi connectivity index (χ3v) is 5.04. The molecule has 2 rings (SSSR count). The van der Waals surface area contributed by atoms with Crippen LogP contribution in [0.25, 0.3) is 0 Å². The van der Waals surface area contributed by atoms with Gasteiger partial charge >= 0.3 is 0 Å². The Balaban J connectivity index is 2.49. The largest absolute Gasteiger partial charge is 0.371 e. The number of aldehydes is 1. The molecule has 1 aromatic rings. The molecule has 0 bridgehead atoms. The van der Waals surface area contributed by atoms with Crippen molar-refractivity contribution in [2.45, 2.75) is 33.1 Å². The van der Waals surface area contributed by atoms with Gasteiger partial charge in [-0.05, 0) is 31.7 Å². The minimum absolute atomic E-state index is 0.0199. The molecule has 1 saturated heterocycles. The predicted octanol–water partition coefficient (Wildman–Crippen LogP) is 2.55. The first-order valence-corrected chi connectivity index (χ1v) is 9.13. The van der Waals surface area contributed by atoms with Gasteiger partial charge in [-0.1, -0.05) is 25.6 Å². The first kappa shape index (κ1) is 20.6. The zero-order valence-corrected chi connectivity index (χ0v) is 15.9. The van der Waals surface area contributed by atoms with Crippen LogP contribution in [-0.2, 0) is 9.59 Å². The number of Topliss-reactive ketones (excluding diaryl/α,β-unsaturated/α-hetero) is 2. The van der Waals surface area contributed by atoms with E-state index in [2.05, 4.69) is 18.4 Å². The van der Waals surface area contributed by atoms with Crippen LogP contribution in [0.3, 0.4) is 0 Å². The van der Waals surface area contributed by atoms with Crippen LogP contribution in [0, 0.1) is 11.8 Å². The lowest BCUT2D eigenvalue weighted by atomic mass is 9.86. The molecule has 2 unspecified atom stereocenters. The van der Waals surface area contributed by atoms with E-state index in [4.69, 9.17) is 5.73 Å². The van der Waals surface area contributed by atoms with E-state index in [1.165, 1.54) is 6.92 Å². The Kier molecular flexibility index (Phi) is 6.66. The number of primary amides is 1. The summed E-state index contributed by atoms with van der Waals surface area (Å²) in [5, 5.41) is 0. The summed E-state index contributed by atoms with van der Waals surface area (Å²) in [5.41, 5.74) is 6.69. The molecule has 2 N–H and O–H groups in total. The van der Waals surface area contributed by atoms with Crippen LogP contribution in [0.1, 0.15) is 53.8 Å². The van der Waals surface area contributed by atoms with Gasteiger partial charge in [0.15, 0.2) is 11.6 Å². The second kappa shape index (κ2) is 8.75. The molecule has 1 aliphatic heterocycles. The molecule has 2 atom stereocenters. The highest BCUT2D eigenvalue weighted by molar-refractivity contribution is 6.19. The molecule has 27 heavy (non-hydrogen) atoms. The average Bonchev–Trinajstić information content (AvgIpc) is 3.06. The number of hydrogen-bond donors (Lipinski definition) is 1. The third kappa shape index (κ3) is 4.51. The highest BCUT2D eigenvalue weighted by atomic mass is 16.2. The Morgan fingerprint density at radius 3 is 2.59 bits per heavy atom. The van der Waals surface area contributed by atoms with Gasteiger partial charge in [0.2, 0.25) is 5.91 Å². The molecular weight excluding hydrogens is 344 g/mol. The van der Waals surface area contributed by atoms with Crippen molar-refractivity contribution < 1.29 is 19.2 Å². The van der Waals surface area contributed by atoms with Crippen molar-refractivity contribution in [1.82, 2.24) is 0 Å². The van der Waals surface area contributed by atoms with Gasteiger partial charge in [0.05, 0.1) is 11.5 Å². The summed E-state index contributed by atoms with van der Waals surface area (Å²) in [6.07, 6.45) is 1.91. The minimum Gasteiger partial charge on any atom is -0.371 e. The molecule has 1 heterocycles. The Morgan fingerprint density at radius 1 is 1.37 bits per heavy atom. The number of ketones is 2. The summed E-state index contributed by atoms with van der Waals surface area (Å²) in [6, 6.07) is 5.18. The zero-order valence-electron chi connectivity index (χ0n) is 15.9. The Bertz CT molecular complexity index is 784. The number of nitrogens with zero attached hydrogens (tertiary/aromatic N) is 1. The van der Waals surface area contributed by atoms with Gasteiger partial charge in [0.1, 0.15) is 6.29 Å². The van der Waals surface area contributed by atoms with Crippen LogP contribution in [-0.4, -0.2) is 36.8 Å². The van der Waals surface area contributed by atoms with Crippen LogP contribution in [0.15, 0.2) is 30.4 Å². The topological polar surface area (TPSA) is 97.5 Å². The third-order valence-electron chi connectivity index (χ3n) is 5.04. The van der Waals surface area contributed by atoms with Crippen molar-refractivity contribution in [3.63, 3.8) is 0 Å². The van der Waals surface area contributed by atoms with E-state index in [0.29, 0.717) is 23.5 Å². The molecule has 6 nitrogen and oxygen atoms in total. The molecule has 6 heteroatoms. The van der Waals surface area contributed by atoms with Crippen LogP contribution < -0.4 is 10.6 Å². The molecule has 144 valence electrons. The number of amides is 1. The van der Waals surface area contributed by atoms with Gasteiger partial charge in [-0.25, -0.2) is 0 Å². The highest BCUT2D eigenvalue weighted by Gasteiger charge is 2.31. The van der Waals surface area contributed by atoms with E-state index in [-0.39, 0.29) is 29.8 Å². The van der Waals surface area contributed by atoms with Crippen molar-refractivity contribution in [2.24, 2.45) is 17.6 Å². The fourth-order valence-electron chi connectivity index (χ4n) is 3.53.